The van der Waals surface area contributed by atoms with Crippen LogP contribution in [0.4, 0.5) is 0 Å². The first kappa shape index (κ1) is 24.7. The number of ether oxygens (including phenoxy) is 1. The SMILES string of the molecule is c1ccc(C2(c3ccccc3)c3cccc4c3-c3c2ccc2c3-c3c(cccc3C2(c2ccccc2)c2ccccc2)O4)cc1. The first-order valence-corrected chi connectivity index (χ1v) is 15.7. The van der Waals surface area contributed by atoms with E-state index in [0.29, 0.717) is 0 Å². The molecular weight excluding hydrogens is 544 g/mol. The van der Waals surface area contributed by atoms with Gasteiger partial charge in [-0.05, 0) is 67.8 Å². The van der Waals surface area contributed by atoms with E-state index >= 15 is 0 Å². The lowest BCUT2D eigenvalue weighted by molar-refractivity contribution is 0.486. The quantitative estimate of drug-likeness (QED) is 0.204. The maximum atomic E-state index is 7.04. The van der Waals surface area contributed by atoms with Gasteiger partial charge in [-0.15, -0.1) is 0 Å². The van der Waals surface area contributed by atoms with Crippen molar-refractivity contribution in [3.05, 3.63) is 214 Å². The van der Waals surface area contributed by atoms with Crippen LogP contribution in [0.3, 0.4) is 0 Å². The molecule has 0 aromatic heterocycles. The van der Waals surface area contributed by atoms with Gasteiger partial charge in [0.25, 0.3) is 0 Å². The van der Waals surface area contributed by atoms with Crippen molar-refractivity contribution < 1.29 is 4.74 Å². The molecule has 0 saturated heterocycles. The highest BCUT2D eigenvalue weighted by molar-refractivity contribution is 6.06. The van der Waals surface area contributed by atoms with Crippen molar-refractivity contribution in [2.45, 2.75) is 10.8 Å². The van der Waals surface area contributed by atoms with E-state index in [4.69, 9.17) is 4.74 Å². The van der Waals surface area contributed by atoms with Gasteiger partial charge in [0.15, 0.2) is 0 Å². The van der Waals surface area contributed by atoms with Crippen molar-refractivity contribution in [1.29, 1.82) is 0 Å². The molecule has 1 heterocycles. The van der Waals surface area contributed by atoms with Crippen molar-refractivity contribution in [1.82, 2.24) is 0 Å². The molecule has 0 atom stereocenters. The fourth-order valence-electron chi connectivity index (χ4n) is 8.86. The van der Waals surface area contributed by atoms with Crippen molar-refractivity contribution in [2.24, 2.45) is 0 Å². The Bertz CT molecular complexity index is 2030. The molecule has 1 nitrogen and oxygen atoms in total. The molecule has 7 aromatic rings. The monoisotopic (exact) mass is 572 g/mol. The molecule has 0 radical (unpaired) electrons. The van der Waals surface area contributed by atoms with Crippen LogP contribution in [0, 0.1) is 0 Å². The van der Waals surface area contributed by atoms with Gasteiger partial charge in [-0.25, -0.2) is 0 Å². The van der Waals surface area contributed by atoms with E-state index < -0.39 is 10.8 Å². The number of hydrogen-bond donors (Lipinski definition) is 0. The van der Waals surface area contributed by atoms with Crippen molar-refractivity contribution in [2.75, 3.05) is 0 Å². The second-order valence-corrected chi connectivity index (χ2v) is 12.3. The van der Waals surface area contributed by atoms with Crippen LogP contribution in [0.15, 0.2) is 170 Å². The molecule has 0 amide bonds. The predicted octanol–water partition coefficient (Wildman–Crippen LogP) is 10.5. The first-order chi connectivity index (χ1) is 22.3. The average Bonchev–Trinajstić information content (AvgIpc) is 3.53. The Morgan fingerprint density at radius 1 is 0.267 bits per heavy atom. The highest BCUT2D eigenvalue weighted by atomic mass is 16.5. The zero-order valence-corrected chi connectivity index (χ0v) is 24.6. The maximum absolute atomic E-state index is 7.04. The molecule has 3 aliphatic rings. The topological polar surface area (TPSA) is 9.23 Å². The normalized spacial score (nSPS) is 15.2. The van der Waals surface area contributed by atoms with Crippen LogP contribution in [0.1, 0.15) is 44.5 Å². The van der Waals surface area contributed by atoms with Gasteiger partial charge in [0, 0.05) is 11.1 Å². The average molecular weight is 573 g/mol. The minimum absolute atomic E-state index is 0.487. The van der Waals surface area contributed by atoms with Crippen LogP contribution >= 0.6 is 0 Å². The lowest BCUT2D eigenvalue weighted by atomic mass is 9.66. The third-order valence-corrected chi connectivity index (χ3v) is 10.4. The zero-order chi connectivity index (χ0) is 29.6. The van der Waals surface area contributed by atoms with Crippen molar-refractivity contribution in [3.63, 3.8) is 0 Å². The van der Waals surface area contributed by atoms with Crippen LogP contribution in [0.25, 0.3) is 22.3 Å². The van der Waals surface area contributed by atoms with E-state index in [1.165, 1.54) is 66.8 Å². The Morgan fingerprint density at radius 2 is 0.578 bits per heavy atom. The summed E-state index contributed by atoms with van der Waals surface area (Å²) in [7, 11) is 0. The molecule has 10 rings (SSSR count). The molecule has 2 aliphatic carbocycles. The predicted molar refractivity (Wildman–Crippen MR) is 181 cm³/mol. The fourth-order valence-corrected chi connectivity index (χ4v) is 8.86. The summed E-state index contributed by atoms with van der Waals surface area (Å²) in [4.78, 5) is 0. The van der Waals surface area contributed by atoms with Crippen LogP contribution in [-0.2, 0) is 10.8 Å². The first-order valence-electron chi connectivity index (χ1n) is 15.7. The van der Waals surface area contributed by atoms with Crippen LogP contribution in [-0.4, -0.2) is 0 Å². The largest absolute Gasteiger partial charge is 0.456 e. The smallest absolute Gasteiger partial charge is 0.135 e. The number of benzene rings is 7. The molecule has 1 heteroatoms. The highest BCUT2D eigenvalue weighted by Crippen LogP contribution is 2.68. The number of rotatable bonds is 4. The second kappa shape index (κ2) is 8.94. The molecule has 210 valence electrons. The van der Waals surface area contributed by atoms with Gasteiger partial charge in [-0.3, -0.25) is 0 Å². The Morgan fingerprint density at radius 3 is 0.911 bits per heavy atom. The second-order valence-electron chi connectivity index (χ2n) is 12.3. The molecule has 0 fully saturated rings. The number of hydrogen-bond acceptors (Lipinski definition) is 1. The van der Waals surface area contributed by atoms with Crippen molar-refractivity contribution in [3.8, 4) is 33.8 Å². The Balaban J connectivity index is 1.43. The van der Waals surface area contributed by atoms with E-state index in [2.05, 4.69) is 170 Å². The van der Waals surface area contributed by atoms with Crippen molar-refractivity contribution >= 4 is 0 Å². The molecule has 0 N–H and O–H groups in total. The van der Waals surface area contributed by atoms with Gasteiger partial charge >= 0.3 is 0 Å². The minimum Gasteiger partial charge on any atom is -0.456 e. The van der Waals surface area contributed by atoms with Gasteiger partial charge in [0.05, 0.1) is 10.8 Å². The summed E-state index contributed by atoms with van der Waals surface area (Å²) in [6, 6.07) is 62.2. The maximum Gasteiger partial charge on any atom is 0.135 e. The zero-order valence-electron chi connectivity index (χ0n) is 24.6. The van der Waals surface area contributed by atoms with Gasteiger partial charge in [0.1, 0.15) is 11.5 Å². The van der Waals surface area contributed by atoms with E-state index in [-0.39, 0.29) is 0 Å². The van der Waals surface area contributed by atoms with Gasteiger partial charge in [-0.2, -0.15) is 0 Å². The lowest BCUT2D eigenvalue weighted by Gasteiger charge is -2.35. The fraction of sp³-hybridized carbons (Fsp3) is 0.0455. The third kappa shape index (κ3) is 2.94. The Hall–Kier alpha value is -5.66. The summed E-state index contributed by atoms with van der Waals surface area (Å²) in [5.74, 6) is 1.84. The summed E-state index contributed by atoms with van der Waals surface area (Å²) >= 11 is 0. The Labute approximate surface area is 263 Å². The van der Waals surface area contributed by atoms with E-state index in [9.17, 15) is 0 Å². The standard InChI is InChI=1S/C44H28O/c1-5-15-29(16-6-1)43(30-17-7-2-8-18-30)33-23-13-25-37-39(33)41-35(43)27-28-36-42(41)40-34(24-14-26-38(40)45-37)44(36,31-19-9-3-10-20-31)32-21-11-4-12-22-32/h1-28H. The molecule has 7 aromatic carbocycles. The Kier molecular flexibility index (Phi) is 4.91. The van der Waals surface area contributed by atoms with Crippen LogP contribution in [0.5, 0.6) is 11.5 Å². The van der Waals surface area contributed by atoms with Gasteiger partial charge in [0.2, 0.25) is 0 Å². The summed E-state index contributed by atoms with van der Waals surface area (Å²) < 4.78 is 7.04. The van der Waals surface area contributed by atoms with E-state index in [1.807, 2.05) is 0 Å². The van der Waals surface area contributed by atoms with Gasteiger partial charge in [-0.1, -0.05) is 158 Å². The molecule has 0 unspecified atom stereocenters. The van der Waals surface area contributed by atoms with Crippen LogP contribution in [0.2, 0.25) is 0 Å². The minimum atomic E-state index is -0.487. The molecule has 45 heavy (non-hydrogen) atoms. The summed E-state index contributed by atoms with van der Waals surface area (Å²) in [5, 5.41) is 0. The summed E-state index contributed by atoms with van der Waals surface area (Å²) in [5.41, 5.74) is 14.2. The summed E-state index contributed by atoms with van der Waals surface area (Å²) in [6.07, 6.45) is 0. The third-order valence-electron chi connectivity index (χ3n) is 10.4. The molecule has 0 spiro atoms. The van der Waals surface area contributed by atoms with Crippen LogP contribution < -0.4 is 4.74 Å². The van der Waals surface area contributed by atoms with Gasteiger partial charge < -0.3 is 4.74 Å². The molecule has 1 aliphatic heterocycles. The highest BCUT2D eigenvalue weighted by Gasteiger charge is 2.54. The molecule has 0 bridgehead atoms. The summed E-state index contributed by atoms with van der Waals surface area (Å²) in [6.45, 7) is 0. The van der Waals surface area contributed by atoms with E-state index in [0.717, 1.165) is 11.5 Å². The van der Waals surface area contributed by atoms with E-state index in [1.54, 1.807) is 0 Å². The molecule has 0 saturated carbocycles. The lowest BCUT2D eigenvalue weighted by Crippen LogP contribution is -2.29. The molecular formula is C44H28O.